The van der Waals surface area contributed by atoms with Crippen molar-refractivity contribution >= 4 is 11.9 Å². The molecule has 1 N–H and O–H groups in total. The number of ether oxygens (including phenoxy) is 1. The lowest BCUT2D eigenvalue weighted by atomic mass is 10.0. The number of carbonyl (C=O) groups excluding carboxylic acids is 2. The van der Waals surface area contributed by atoms with Crippen molar-refractivity contribution in [1.82, 2.24) is 5.32 Å². The van der Waals surface area contributed by atoms with Gasteiger partial charge in [0.2, 0.25) is 0 Å². The summed E-state index contributed by atoms with van der Waals surface area (Å²) < 4.78 is 17.3. The fourth-order valence-corrected chi connectivity index (χ4v) is 1.52. The van der Waals surface area contributed by atoms with Crippen LogP contribution in [0.3, 0.4) is 0 Å². The normalized spacial score (nSPS) is 11.7. The van der Waals surface area contributed by atoms with Crippen LogP contribution in [0.1, 0.15) is 31.4 Å². The minimum atomic E-state index is -0.617. The summed E-state index contributed by atoms with van der Waals surface area (Å²) in [5, 5.41) is 2.56. The standard InChI is InChI=1S/C13H16FNO3/c1-3-11(16)8-12(15-13(17)18-2)9-4-6-10(14)7-5-9/h4-7,12H,3,8H2,1-2H3,(H,15,17)/t12-/m1/s1. The summed E-state index contributed by atoms with van der Waals surface area (Å²) in [6.45, 7) is 1.75. The van der Waals surface area contributed by atoms with Gasteiger partial charge in [-0.05, 0) is 17.7 Å². The molecule has 4 nitrogen and oxygen atoms in total. The van der Waals surface area contributed by atoms with E-state index in [2.05, 4.69) is 10.1 Å². The molecule has 98 valence electrons. The summed E-state index contributed by atoms with van der Waals surface area (Å²) in [6.07, 6.45) is -0.0640. The van der Waals surface area contributed by atoms with Gasteiger partial charge in [-0.3, -0.25) is 4.79 Å². The molecule has 5 heteroatoms. The molecule has 0 heterocycles. The summed E-state index contributed by atoms with van der Waals surface area (Å²) >= 11 is 0. The van der Waals surface area contributed by atoms with E-state index in [0.717, 1.165) is 0 Å². The van der Waals surface area contributed by atoms with Crippen LogP contribution in [0.15, 0.2) is 24.3 Å². The first kappa shape index (κ1) is 14.2. The highest BCUT2D eigenvalue weighted by Gasteiger charge is 2.17. The number of rotatable bonds is 5. The zero-order chi connectivity index (χ0) is 13.5. The third-order valence-corrected chi connectivity index (χ3v) is 2.58. The number of nitrogens with one attached hydrogen (secondary N) is 1. The first-order valence-electron chi connectivity index (χ1n) is 5.68. The first-order chi connectivity index (χ1) is 8.56. The molecule has 0 radical (unpaired) electrons. The molecule has 0 bridgehead atoms. The van der Waals surface area contributed by atoms with Gasteiger partial charge in [0, 0.05) is 12.8 Å². The number of hydrogen-bond donors (Lipinski definition) is 1. The third-order valence-electron chi connectivity index (χ3n) is 2.58. The molecule has 0 saturated carbocycles. The summed E-state index contributed by atoms with van der Waals surface area (Å²) in [5.74, 6) is -0.349. The van der Waals surface area contributed by atoms with Crippen LogP contribution in [-0.2, 0) is 9.53 Å². The molecule has 0 fully saturated rings. The number of benzene rings is 1. The Kier molecular flexibility index (Phi) is 5.30. The highest BCUT2D eigenvalue weighted by molar-refractivity contribution is 5.79. The maximum atomic E-state index is 12.8. The Morgan fingerprint density at radius 2 is 1.94 bits per heavy atom. The zero-order valence-corrected chi connectivity index (χ0v) is 10.4. The van der Waals surface area contributed by atoms with Crippen molar-refractivity contribution in [3.63, 3.8) is 0 Å². The van der Waals surface area contributed by atoms with Crippen LogP contribution >= 0.6 is 0 Å². The maximum Gasteiger partial charge on any atom is 0.407 e. The second-order valence-corrected chi connectivity index (χ2v) is 3.84. The van der Waals surface area contributed by atoms with Gasteiger partial charge < -0.3 is 10.1 Å². The predicted molar refractivity (Wildman–Crippen MR) is 64.6 cm³/mol. The molecule has 0 aliphatic heterocycles. The average molecular weight is 253 g/mol. The Balaban J connectivity index is 2.85. The van der Waals surface area contributed by atoms with Crippen LogP contribution in [0.2, 0.25) is 0 Å². The van der Waals surface area contributed by atoms with Gasteiger partial charge in [0.05, 0.1) is 13.2 Å². The summed E-state index contributed by atoms with van der Waals surface area (Å²) in [4.78, 5) is 22.7. The first-order valence-corrected chi connectivity index (χ1v) is 5.68. The van der Waals surface area contributed by atoms with Crippen LogP contribution in [0.25, 0.3) is 0 Å². The van der Waals surface area contributed by atoms with E-state index in [1.807, 2.05) is 0 Å². The Morgan fingerprint density at radius 3 is 2.44 bits per heavy atom. The highest BCUT2D eigenvalue weighted by atomic mass is 19.1. The van der Waals surface area contributed by atoms with Crippen molar-refractivity contribution in [3.05, 3.63) is 35.6 Å². The monoisotopic (exact) mass is 253 g/mol. The van der Waals surface area contributed by atoms with Crippen molar-refractivity contribution in [2.24, 2.45) is 0 Å². The van der Waals surface area contributed by atoms with Gasteiger partial charge in [-0.15, -0.1) is 0 Å². The van der Waals surface area contributed by atoms with Gasteiger partial charge in [0.25, 0.3) is 0 Å². The summed E-state index contributed by atoms with van der Waals surface area (Å²) in [7, 11) is 1.25. The predicted octanol–water partition coefficient (Wildman–Crippen LogP) is 2.59. The molecule has 0 aliphatic rings. The van der Waals surface area contributed by atoms with E-state index in [-0.39, 0.29) is 18.0 Å². The van der Waals surface area contributed by atoms with E-state index in [1.165, 1.54) is 19.2 Å². The molecular weight excluding hydrogens is 237 g/mol. The minimum absolute atomic E-state index is 0.0146. The Bertz CT molecular complexity index is 399. The molecule has 1 aromatic carbocycles. The van der Waals surface area contributed by atoms with E-state index >= 15 is 0 Å². The number of carbonyl (C=O) groups is 2. The van der Waals surface area contributed by atoms with Crippen molar-refractivity contribution < 1.29 is 18.7 Å². The molecule has 1 atom stereocenters. The number of methoxy groups -OCH3 is 1. The fraction of sp³-hybridized carbons (Fsp3) is 0.385. The van der Waals surface area contributed by atoms with E-state index < -0.39 is 12.1 Å². The van der Waals surface area contributed by atoms with Crippen LogP contribution in [0.4, 0.5) is 9.18 Å². The number of ketones is 1. The van der Waals surface area contributed by atoms with Crippen molar-refractivity contribution in [3.8, 4) is 0 Å². The van der Waals surface area contributed by atoms with Gasteiger partial charge in [0.1, 0.15) is 11.6 Å². The van der Waals surface area contributed by atoms with E-state index in [1.54, 1.807) is 19.1 Å². The SMILES string of the molecule is CCC(=O)C[C@@H](NC(=O)OC)c1ccc(F)cc1. The van der Waals surface area contributed by atoms with Gasteiger partial charge in [-0.1, -0.05) is 19.1 Å². The molecule has 0 saturated heterocycles. The van der Waals surface area contributed by atoms with E-state index in [9.17, 15) is 14.0 Å². The number of amides is 1. The van der Waals surface area contributed by atoms with Gasteiger partial charge in [-0.25, -0.2) is 9.18 Å². The smallest absolute Gasteiger partial charge is 0.407 e. The number of halogens is 1. The molecule has 18 heavy (non-hydrogen) atoms. The molecular formula is C13H16FNO3. The van der Waals surface area contributed by atoms with Gasteiger partial charge >= 0.3 is 6.09 Å². The third kappa shape index (κ3) is 4.16. The van der Waals surface area contributed by atoms with E-state index in [4.69, 9.17) is 0 Å². The number of alkyl carbamates (subject to hydrolysis) is 1. The highest BCUT2D eigenvalue weighted by Crippen LogP contribution is 2.18. The lowest BCUT2D eigenvalue weighted by Gasteiger charge is -2.17. The Morgan fingerprint density at radius 1 is 1.33 bits per heavy atom. The molecule has 1 rings (SSSR count). The van der Waals surface area contributed by atoms with Crippen LogP contribution in [0.5, 0.6) is 0 Å². The topological polar surface area (TPSA) is 55.4 Å². The Labute approximate surface area is 105 Å². The average Bonchev–Trinajstić information content (AvgIpc) is 2.38. The lowest BCUT2D eigenvalue weighted by Crippen LogP contribution is -2.29. The second-order valence-electron chi connectivity index (χ2n) is 3.84. The van der Waals surface area contributed by atoms with Crippen LogP contribution in [0, 0.1) is 5.82 Å². The molecule has 0 aromatic heterocycles. The maximum absolute atomic E-state index is 12.8. The van der Waals surface area contributed by atoms with E-state index in [0.29, 0.717) is 12.0 Å². The van der Waals surface area contributed by atoms with Crippen LogP contribution in [-0.4, -0.2) is 19.0 Å². The number of Topliss-reactive ketones (excluding diaryl/α,β-unsaturated/α-hetero) is 1. The Hall–Kier alpha value is -1.91. The van der Waals surface area contributed by atoms with Crippen molar-refractivity contribution in [2.75, 3.05) is 7.11 Å². The van der Waals surface area contributed by atoms with Crippen molar-refractivity contribution in [1.29, 1.82) is 0 Å². The second kappa shape index (κ2) is 6.74. The quantitative estimate of drug-likeness (QED) is 0.877. The molecule has 1 aromatic rings. The van der Waals surface area contributed by atoms with Gasteiger partial charge in [0.15, 0.2) is 0 Å². The molecule has 0 aliphatic carbocycles. The molecule has 1 amide bonds. The summed E-state index contributed by atoms with van der Waals surface area (Å²) in [5.41, 5.74) is 0.670. The van der Waals surface area contributed by atoms with Gasteiger partial charge in [-0.2, -0.15) is 0 Å². The minimum Gasteiger partial charge on any atom is -0.453 e. The van der Waals surface area contributed by atoms with Crippen molar-refractivity contribution in [2.45, 2.75) is 25.8 Å². The summed E-state index contributed by atoms with van der Waals surface area (Å²) in [6, 6.07) is 5.17. The largest absolute Gasteiger partial charge is 0.453 e. The zero-order valence-electron chi connectivity index (χ0n) is 10.4. The lowest BCUT2D eigenvalue weighted by molar-refractivity contribution is -0.119. The molecule has 0 spiro atoms. The fourth-order valence-electron chi connectivity index (χ4n) is 1.52. The number of hydrogen-bond acceptors (Lipinski definition) is 3. The molecule has 0 unspecified atom stereocenters. The van der Waals surface area contributed by atoms with Crippen LogP contribution < -0.4 is 5.32 Å².